The number of likely N-dealkylation sites (tertiary alicyclic amines) is 1. The van der Waals surface area contributed by atoms with Crippen molar-refractivity contribution in [2.24, 2.45) is 0 Å². The van der Waals surface area contributed by atoms with Crippen molar-refractivity contribution in [1.82, 2.24) is 9.88 Å². The lowest BCUT2D eigenvalue weighted by Gasteiger charge is -2.14. The first-order valence-electron chi connectivity index (χ1n) is 5.63. The molecule has 5 heteroatoms. The van der Waals surface area contributed by atoms with Gasteiger partial charge in [-0.2, -0.15) is 0 Å². The summed E-state index contributed by atoms with van der Waals surface area (Å²) in [6.07, 6.45) is 0.565. The highest BCUT2D eigenvalue weighted by Crippen LogP contribution is 2.12. The zero-order chi connectivity index (χ0) is 12.3. The maximum absolute atomic E-state index is 11.3. The lowest BCUT2D eigenvalue weighted by atomic mass is 10.3. The van der Waals surface area contributed by atoms with E-state index in [2.05, 4.69) is 14.6 Å². The fourth-order valence-electron chi connectivity index (χ4n) is 1.97. The number of carbonyl (C=O) groups is 1. The van der Waals surface area contributed by atoms with E-state index in [0.717, 1.165) is 18.7 Å². The van der Waals surface area contributed by atoms with E-state index < -0.39 is 5.97 Å². The molecule has 1 aliphatic heterocycles. The molecule has 92 valence electrons. The number of nitrogens with zero attached hydrogens (tertiary/aromatic N) is 2. The number of aliphatic hydroxyl groups excluding tert-OH is 1. The van der Waals surface area contributed by atoms with E-state index in [-0.39, 0.29) is 6.10 Å². The van der Waals surface area contributed by atoms with Crippen molar-refractivity contribution in [2.75, 3.05) is 20.2 Å². The topological polar surface area (TPSA) is 62.7 Å². The molecule has 1 N–H and O–H groups in total. The van der Waals surface area contributed by atoms with Crippen LogP contribution in [0.1, 0.15) is 22.6 Å². The summed E-state index contributed by atoms with van der Waals surface area (Å²) < 4.78 is 4.62. The number of aliphatic hydroxyl groups is 1. The minimum absolute atomic E-state index is 0.237. The Balaban J connectivity index is 2.03. The average Bonchev–Trinajstić information content (AvgIpc) is 2.74. The second kappa shape index (κ2) is 5.25. The normalized spacial score (nSPS) is 20.5. The van der Waals surface area contributed by atoms with Gasteiger partial charge in [0.25, 0.3) is 0 Å². The van der Waals surface area contributed by atoms with Gasteiger partial charge in [0.2, 0.25) is 0 Å². The van der Waals surface area contributed by atoms with Crippen molar-refractivity contribution in [3.63, 3.8) is 0 Å². The number of carbonyl (C=O) groups excluding carboxylic acids is 1. The summed E-state index contributed by atoms with van der Waals surface area (Å²) >= 11 is 0. The number of esters is 1. The van der Waals surface area contributed by atoms with Crippen LogP contribution in [0, 0.1) is 0 Å². The summed E-state index contributed by atoms with van der Waals surface area (Å²) in [4.78, 5) is 17.7. The molecular weight excluding hydrogens is 220 g/mol. The minimum Gasteiger partial charge on any atom is -0.464 e. The van der Waals surface area contributed by atoms with E-state index in [1.807, 2.05) is 6.07 Å². The molecule has 1 aromatic heterocycles. The van der Waals surface area contributed by atoms with Gasteiger partial charge in [0.15, 0.2) is 0 Å². The predicted octanol–water partition coefficient (Wildman–Crippen LogP) is 0.435. The fourth-order valence-corrected chi connectivity index (χ4v) is 1.97. The molecule has 0 saturated carbocycles. The van der Waals surface area contributed by atoms with Crippen LogP contribution >= 0.6 is 0 Å². The SMILES string of the molecule is COC(=O)c1cccc(CN2CC[C@@H](O)C2)n1. The maximum atomic E-state index is 11.3. The Morgan fingerprint density at radius 3 is 3.12 bits per heavy atom. The highest BCUT2D eigenvalue weighted by Gasteiger charge is 2.20. The quantitative estimate of drug-likeness (QED) is 0.771. The van der Waals surface area contributed by atoms with Crippen LogP contribution < -0.4 is 0 Å². The number of hydrogen-bond acceptors (Lipinski definition) is 5. The Hall–Kier alpha value is -1.46. The predicted molar refractivity (Wildman–Crippen MR) is 61.5 cm³/mol. The molecule has 0 spiro atoms. The van der Waals surface area contributed by atoms with Crippen LogP contribution in [0.5, 0.6) is 0 Å². The highest BCUT2D eigenvalue weighted by molar-refractivity contribution is 5.87. The van der Waals surface area contributed by atoms with E-state index in [9.17, 15) is 9.90 Å². The van der Waals surface area contributed by atoms with Gasteiger partial charge in [-0.05, 0) is 18.6 Å². The molecule has 0 aromatic carbocycles. The van der Waals surface area contributed by atoms with Gasteiger partial charge in [-0.3, -0.25) is 4.90 Å². The molecule has 0 amide bonds. The second-order valence-electron chi connectivity index (χ2n) is 4.18. The van der Waals surface area contributed by atoms with E-state index in [4.69, 9.17) is 0 Å². The molecule has 0 bridgehead atoms. The summed E-state index contributed by atoms with van der Waals surface area (Å²) in [6, 6.07) is 5.30. The van der Waals surface area contributed by atoms with Crippen LogP contribution in [-0.4, -0.2) is 47.3 Å². The molecule has 1 atom stereocenters. The van der Waals surface area contributed by atoms with Crippen molar-refractivity contribution in [1.29, 1.82) is 0 Å². The van der Waals surface area contributed by atoms with Crippen molar-refractivity contribution in [3.05, 3.63) is 29.6 Å². The first kappa shape index (κ1) is 12.0. The van der Waals surface area contributed by atoms with Crippen LogP contribution in [0.2, 0.25) is 0 Å². The van der Waals surface area contributed by atoms with E-state index >= 15 is 0 Å². The average molecular weight is 236 g/mol. The highest BCUT2D eigenvalue weighted by atomic mass is 16.5. The first-order chi connectivity index (χ1) is 8.19. The van der Waals surface area contributed by atoms with E-state index in [1.165, 1.54) is 7.11 Å². The molecule has 0 aliphatic carbocycles. The summed E-state index contributed by atoms with van der Waals surface area (Å²) in [5, 5.41) is 9.42. The molecule has 0 radical (unpaired) electrons. The maximum Gasteiger partial charge on any atom is 0.356 e. The van der Waals surface area contributed by atoms with Crippen LogP contribution in [0.4, 0.5) is 0 Å². The number of β-amino-alcohol motifs (C(OH)–C–C–N with tert-alkyl or cyclic N) is 1. The number of aromatic nitrogens is 1. The second-order valence-corrected chi connectivity index (χ2v) is 4.18. The van der Waals surface area contributed by atoms with Gasteiger partial charge in [-0.25, -0.2) is 9.78 Å². The molecule has 5 nitrogen and oxygen atoms in total. The molecule has 1 saturated heterocycles. The third-order valence-electron chi connectivity index (χ3n) is 2.83. The fraction of sp³-hybridized carbons (Fsp3) is 0.500. The number of ether oxygens (including phenoxy) is 1. The van der Waals surface area contributed by atoms with E-state index in [1.54, 1.807) is 12.1 Å². The Morgan fingerprint density at radius 1 is 1.65 bits per heavy atom. The van der Waals surface area contributed by atoms with E-state index in [0.29, 0.717) is 18.8 Å². The Kier molecular flexibility index (Phi) is 3.71. The molecule has 2 rings (SSSR count). The number of pyridine rings is 1. The van der Waals surface area contributed by atoms with Gasteiger partial charge in [0.1, 0.15) is 5.69 Å². The monoisotopic (exact) mass is 236 g/mol. The van der Waals surface area contributed by atoms with Crippen molar-refractivity contribution in [3.8, 4) is 0 Å². The van der Waals surface area contributed by atoms with Crippen molar-refractivity contribution >= 4 is 5.97 Å². The van der Waals surface area contributed by atoms with Gasteiger partial charge in [-0.1, -0.05) is 6.07 Å². The van der Waals surface area contributed by atoms with Crippen molar-refractivity contribution in [2.45, 2.75) is 19.1 Å². The lowest BCUT2D eigenvalue weighted by molar-refractivity contribution is 0.0593. The largest absolute Gasteiger partial charge is 0.464 e. The standard InChI is InChI=1S/C12H16N2O3/c1-17-12(16)11-4-2-3-9(13-11)7-14-6-5-10(15)8-14/h2-4,10,15H,5-8H2,1H3/t10-/m1/s1. The molecule has 0 unspecified atom stereocenters. The van der Waals surface area contributed by atoms with Gasteiger partial charge in [0.05, 0.1) is 18.9 Å². The van der Waals surface area contributed by atoms with Crippen LogP contribution in [-0.2, 0) is 11.3 Å². The molecule has 2 heterocycles. The lowest BCUT2D eigenvalue weighted by Crippen LogP contribution is -2.22. The molecule has 1 aliphatic rings. The Bertz CT molecular complexity index is 408. The summed E-state index contributed by atoms with van der Waals surface area (Å²) in [5.41, 5.74) is 1.15. The van der Waals surface area contributed by atoms with Crippen LogP contribution in [0.15, 0.2) is 18.2 Å². The van der Waals surface area contributed by atoms with Gasteiger partial charge >= 0.3 is 5.97 Å². The smallest absolute Gasteiger partial charge is 0.356 e. The summed E-state index contributed by atoms with van der Waals surface area (Å²) in [7, 11) is 1.34. The first-order valence-corrected chi connectivity index (χ1v) is 5.63. The summed E-state index contributed by atoms with van der Waals surface area (Å²) in [5.74, 6) is -0.423. The van der Waals surface area contributed by atoms with Crippen LogP contribution in [0.25, 0.3) is 0 Å². The molecular formula is C12H16N2O3. The molecule has 17 heavy (non-hydrogen) atoms. The van der Waals surface area contributed by atoms with Gasteiger partial charge < -0.3 is 9.84 Å². The number of hydrogen-bond donors (Lipinski definition) is 1. The van der Waals surface area contributed by atoms with Crippen molar-refractivity contribution < 1.29 is 14.6 Å². The summed E-state index contributed by atoms with van der Waals surface area (Å²) in [6.45, 7) is 2.19. The zero-order valence-corrected chi connectivity index (χ0v) is 9.80. The van der Waals surface area contributed by atoms with Gasteiger partial charge in [0, 0.05) is 19.6 Å². The van der Waals surface area contributed by atoms with Crippen LogP contribution in [0.3, 0.4) is 0 Å². The van der Waals surface area contributed by atoms with Gasteiger partial charge in [-0.15, -0.1) is 0 Å². The molecule has 1 fully saturated rings. The third-order valence-corrected chi connectivity index (χ3v) is 2.83. The third kappa shape index (κ3) is 3.01. The Labute approximate surface area is 100 Å². The number of methoxy groups -OCH3 is 1. The number of rotatable bonds is 3. The molecule has 1 aromatic rings. The zero-order valence-electron chi connectivity index (χ0n) is 9.80. The Morgan fingerprint density at radius 2 is 2.47 bits per heavy atom. The minimum atomic E-state index is -0.423.